The molecule has 3 heterocycles. The van der Waals surface area contributed by atoms with Crippen molar-refractivity contribution in [1.82, 2.24) is 5.32 Å². The Morgan fingerprint density at radius 3 is 2.56 bits per heavy atom. The zero-order valence-corrected chi connectivity index (χ0v) is 20.0. The first-order valence-corrected chi connectivity index (χ1v) is 11.5. The summed E-state index contributed by atoms with van der Waals surface area (Å²) in [5.74, 6) is 0.673. The van der Waals surface area contributed by atoms with Crippen LogP contribution in [0.5, 0.6) is 11.5 Å². The van der Waals surface area contributed by atoms with Crippen LogP contribution in [0, 0.1) is 6.92 Å². The highest BCUT2D eigenvalue weighted by Crippen LogP contribution is 2.35. The molecule has 0 aliphatic carbocycles. The van der Waals surface area contributed by atoms with E-state index in [1.165, 1.54) is 13.0 Å². The number of nitrogens with one attached hydrogen (secondary N) is 1. The fourth-order valence-corrected chi connectivity index (χ4v) is 4.52. The summed E-state index contributed by atoms with van der Waals surface area (Å²) < 4.78 is 34.5. The highest BCUT2D eigenvalue weighted by molar-refractivity contribution is 5.81. The molecule has 2 aromatic carbocycles. The quantitative estimate of drug-likeness (QED) is 0.510. The Hall–Kier alpha value is -3.44. The molecule has 6 unspecified atom stereocenters. The van der Waals surface area contributed by atoms with Crippen LogP contribution in [-0.4, -0.2) is 55.4 Å². The molecule has 2 aliphatic heterocycles. The highest BCUT2D eigenvalue weighted by Gasteiger charge is 2.50. The van der Waals surface area contributed by atoms with Crippen molar-refractivity contribution in [3.8, 4) is 11.5 Å². The summed E-state index contributed by atoms with van der Waals surface area (Å²) >= 11 is 0. The molecule has 6 atom stereocenters. The van der Waals surface area contributed by atoms with Gasteiger partial charge in [-0.2, -0.15) is 0 Å². The number of methoxy groups -OCH3 is 1. The molecule has 36 heavy (non-hydrogen) atoms. The molecule has 10 heteroatoms. The number of aryl methyl sites for hydroxylation is 1. The van der Waals surface area contributed by atoms with E-state index >= 15 is 0 Å². The van der Waals surface area contributed by atoms with Gasteiger partial charge in [0.1, 0.15) is 41.4 Å². The van der Waals surface area contributed by atoms with Crippen LogP contribution in [-0.2, 0) is 19.0 Å². The highest BCUT2D eigenvalue weighted by atomic mass is 16.7. The van der Waals surface area contributed by atoms with Gasteiger partial charge in [0.05, 0.1) is 13.7 Å². The standard InChI is InChI=1S/C26H27NO9/c1-13-10-21(29)34-19-11-17(8-9-18(13)19)33-26-22(27-14(2)28)23(30)24-20(35-26)12-32-25(36-24)15-4-6-16(31-3)7-5-15/h4-11,20,22-26,30H,12H2,1-3H3,(H,27,28). The number of benzene rings is 2. The van der Waals surface area contributed by atoms with Crippen LogP contribution in [0.25, 0.3) is 11.0 Å². The molecule has 0 spiro atoms. The fraction of sp³-hybridized carbons (Fsp3) is 0.385. The van der Waals surface area contributed by atoms with E-state index in [9.17, 15) is 14.7 Å². The zero-order valence-electron chi connectivity index (χ0n) is 20.0. The van der Waals surface area contributed by atoms with Crippen molar-refractivity contribution in [3.63, 3.8) is 0 Å². The van der Waals surface area contributed by atoms with Gasteiger partial charge < -0.3 is 38.5 Å². The largest absolute Gasteiger partial charge is 0.497 e. The summed E-state index contributed by atoms with van der Waals surface area (Å²) in [4.78, 5) is 23.7. The smallest absolute Gasteiger partial charge is 0.336 e. The van der Waals surface area contributed by atoms with Crippen LogP contribution in [0.2, 0.25) is 0 Å². The molecule has 0 radical (unpaired) electrons. The molecule has 3 aromatic rings. The number of aliphatic hydroxyl groups is 1. The number of aliphatic hydroxyl groups excluding tert-OH is 1. The van der Waals surface area contributed by atoms with Crippen molar-refractivity contribution in [1.29, 1.82) is 0 Å². The molecule has 0 saturated carbocycles. The van der Waals surface area contributed by atoms with Gasteiger partial charge in [0.25, 0.3) is 0 Å². The van der Waals surface area contributed by atoms with Crippen molar-refractivity contribution in [2.75, 3.05) is 13.7 Å². The zero-order chi connectivity index (χ0) is 25.4. The average Bonchev–Trinajstić information content (AvgIpc) is 2.86. The third kappa shape index (κ3) is 4.80. The third-order valence-electron chi connectivity index (χ3n) is 6.30. The van der Waals surface area contributed by atoms with Gasteiger partial charge >= 0.3 is 5.63 Å². The van der Waals surface area contributed by atoms with E-state index in [4.69, 9.17) is 28.1 Å². The van der Waals surface area contributed by atoms with Crippen LogP contribution in [0.4, 0.5) is 0 Å². The van der Waals surface area contributed by atoms with Crippen LogP contribution >= 0.6 is 0 Å². The van der Waals surface area contributed by atoms with Gasteiger partial charge in [0.15, 0.2) is 6.29 Å². The average molecular weight is 498 g/mol. The number of ether oxygens (including phenoxy) is 5. The Balaban J connectivity index is 1.37. The number of amides is 1. The van der Waals surface area contributed by atoms with Crippen molar-refractivity contribution in [2.24, 2.45) is 0 Å². The predicted molar refractivity (Wildman–Crippen MR) is 127 cm³/mol. The molecule has 2 saturated heterocycles. The second kappa shape index (κ2) is 9.90. The number of hydrogen-bond donors (Lipinski definition) is 2. The first-order valence-electron chi connectivity index (χ1n) is 11.5. The van der Waals surface area contributed by atoms with Crippen molar-refractivity contribution in [2.45, 2.75) is 50.8 Å². The summed E-state index contributed by atoms with van der Waals surface area (Å²) in [5.41, 5.74) is 1.42. The van der Waals surface area contributed by atoms with Gasteiger partial charge in [0.2, 0.25) is 12.2 Å². The van der Waals surface area contributed by atoms with Crippen LogP contribution in [0.1, 0.15) is 24.3 Å². The van der Waals surface area contributed by atoms with E-state index in [1.807, 2.05) is 19.1 Å². The summed E-state index contributed by atoms with van der Waals surface area (Å²) in [6.07, 6.45) is -4.35. The van der Waals surface area contributed by atoms with Gasteiger partial charge in [-0.25, -0.2) is 4.79 Å². The van der Waals surface area contributed by atoms with Crippen molar-refractivity contribution < 1.29 is 38.0 Å². The van der Waals surface area contributed by atoms with Crippen LogP contribution < -0.4 is 20.4 Å². The molecule has 1 amide bonds. The van der Waals surface area contributed by atoms with Gasteiger partial charge in [-0.15, -0.1) is 0 Å². The Labute approximate surface area is 206 Å². The minimum Gasteiger partial charge on any atom is -0.497 e. The molecule has 1 aromatic heterocycles. The molecule has 2 N–H and O–H groups in total. The summed E-state index contributed by atoms with van der Waals surface area (Å²) in [6.45, 7) is 3.29. The third-order valence-corrected chi connectivity index (χ3v) is 6.30. The van der Waals surface area contributed by atoms with Gasteiger partial charge in [-0.3, -0.25) is 4.79 Å². The Kier molecular flexibility index (Phi) is 6.67. The van der Waals surface area contributed by atoms with E-state index < -0.39 is 42.6 Å². The normalized spacial score (nSPS) is 27.8. The number of rotatable bonds is 5. The molecule has 190 valence electrons. The number of carbonyl (C=O) groups excluding carboxylic acids is 1. The van der Waals surface area contributed by atoms with Crippen molar-refractivity contribution >= 4 is 16.9 Å². The molecule has 0 bridgehead atoms. The van der Waals surface area contributed by atoms with E-state index in [0.29, 0.717) is 17.1 Å². The fourth-order valence-electron chi connectivity index (χ4n) is 4.52. The lowest BCUT2D eigenvalue weighted by molar-refractivity contribution is -0.333. The minimum absolute atomic E-state index is 0.136. The lowest BCUT2D eigenvalue weighted by Gasteiger charge is -2.47. The lowest BCUT2D eigenvalue weighted by Crippen LogP contribution is -2.67. The van der Waals surface area contributed by atoms with E-state index in [0.717, 1.165) is 16.5 Å². The van der Waals surface area contributed by atoms with Crippen LogP contribution in [0.3, 0.4) is 0 Å². The molecular formula is C26H27NO9. The summed E-state index contributed by atoms with van der Waals surface area (Å²) in [7, 11) is 1.58. The number of carbonyl (C=O) groups is 1. The van der Waals surface area contributed by atoms with Crippen LogP contribution in [0.15, 0.2) is 57.7 Å². The predicted octanol–water partition coefficient (Wildman–Crippen LogP) is 2.19. The maximum atomic E-state index is 12.0. The van der Waals surface area contributed by atoms with Crippen molar-refractivity contribution in [3.05, 3.63) is 70.1 Å². The van der Waals surface area contributed by atoms with E-state index in [-0.39, 0.29) is 12.5 Å². The molecule has 2 fully saturated rings. The van der Waals surface area contributed by atoms with Gasteiger partial charge in [-0.1, -0.05) is 12.1 Å². The number of hydrogen-bond acceptors (Lipinski definition) is 9. The van der Waals surface area contributed by atoms with Gasteiger partial charge in [0, 0.05) is 30.0 Å². The monoisotopic (exact) mass is 497 g/mol. The molecular weight excluding hydrogens is 470 g/mol. The Morgan fingerprint density at radius 1 is 1.08 bits per heavy atom. The Bertz CT molecular complexity index is 1310. The minimum atomic E-state index is -1.15. The maximum absolute atomic E-state index is 12.0. The molecule has 10 nitrogen and oxygen atoms in total. The molecule has 2 aliphatic rings. The van der Waals surface area contributed by atoms with Gasteiger partial charge in [-0.05, 0) is 36.8 Å². The lowest BCUT2D eigenvalue weighted by atomic mass is 9.95. The summed E-state index contributed by atoms with van der Waals surface area (Å²) in [5, 5.41) is 14.7. The van der Waals surface area contributed by atoms with E-state index in [2.05, 4.69) is 5.32 Å². The summed E-state index contributed by atoms with van der Waals surface area (Å²) in [6, 6.07) is 12.7. The Morgan fingerprint density at radius 2 is 1.83 bits per heavy atom. The first-order chi connectivity index (χ1) is 17.3. The number of fused-ring (bicyclic) bond motifs is 2. The second-order valence-corrected chi connectivity index (χ2v) is 8.82. The first kappa shape index (κ1) is 24.3. The SMILES string of the molecule is COc1ccc(C2OCC3OC(Oc4ccc5c(C)cc(=O)oc5c4)C(NC(C)=O)C(O)C3O2)cc1. The topological polar surface area (TPSA) is 126 Å². The maximum Gasteiger partial charge on any atom is 0.336 e. The second-order valence-electron chi connectivity index (χ2n) is 8.82. The molecule has 5 rings (SSSR count). The van der Waals surface area contributed by atoms with E-state index in [1.54, 1.807) is 37.4 Å².